The van der Waals surface area contributed by atoms with Crippen LogP contribution < -0.4 is 0 Å². The van der Waals surface area contributed by atoms with E-state index in [-0.39, 0.29) is 11.3 Å². The number of aryl methyl sites for hydroxylation is 1. The van der Waals surface area contributed by atoms with Gasteiger partial charge in [-0.25, -0.2) is 4.98 Å². The van der Waals surface area contributed by atoms with Crippen molar-refractivity contribution in [3.8, 4) is 11.3 Å². The van der Waals surface area contributed by atoms with Crippen molar-refractivity contribution in [3.63, 3.8) is 0 Å². The highest BCUT2D eigenvalue weighted by Crippen LogP contribution is 2.38. The molecule has 1 aromatic carbocycles. The highest BCUT2D eigenvalue weighted by molar-refractivity contribution is 9.10. The monoisotopic (exact) mass is 367 g/mol. The number of halogens is 5. The van der Waals surface area contributed by atoms with Crippen molar-refractivity contribution in [2.45, 2.75) is 19.0 Å². The molecule has 2 nitrogen and oxygen atoms in total. The van der Waals surface area contributed by atoms with Crippen molar-refractivity contribution in [2.75, 3.05) is 5.88 Å². The van der Waals surface area contributed by atoms with Gasteiger partial charge in [-0.3, -0.25) is 0 Å². The third-order valence-electron chi connectivity index (χ3n) is 2.63. The molecule has 0 unspecified atom stereocenters. The Morgan fingerprint density at radius 1 is 1.30 bits per heavy atom. The highest BCUT2D eigenvalue weighted by atomic mass is 79.9. The van der Waals surface area contributed by atoms with E-state index in [1.807, 2.05) is 0 Å². The van der Waals surface area contributed by atoms with E-state index in [9.17, 15) is 13.2 Å². The zero-order chi connectivity index (χ0) is 14.8. The molecule has 0 amide bonds. The Kier molecular flexibility index (Phi) is 4.75. The largest absolute Gasteiger partial charge is 0.441 e. The minimum absolute atomic E-state index is 0.0228. The van der Waals surface area contributed by atoms with Crippen LogP contribution in [0.4, 0.5) is 13.2 Å². The van der Waals surface area contributed by atoms with Crippen LogP contribution in [0.3, 0.4) is 0 Å². The van der Waals surface area contributed by atoms with Crippen LogP contribution >= 0.6 is 27.5 Å². The van der Waals surface area contributed by atoms with Gasteiger partial charge in [0.2, 0.25) is 0 Å². The van der Waals surface area contributed by atoms with E-state index in [0.717, 1.165) is 6.07 Å². The van der Waals surface area contributed by atoms with E-state index in [4.69, 9.17) is 16.0 Å². The zero-order valence-electron chi connectivity index (χ0n) is 10.2. The average molecular weight is 369 g/mol. The van der Waals surface area contributed by atoms with Crippen LogP contribution in [0.2, 0.25) is 0 Å². The number of alkyl halides is 4. The van der Waals surface area contributed by atoms with Crippen LogP contribution in [0.15, 0.2) is 33.3 Å². The summed E-state index contributed by atoms with van der Waals surface area (Å²) < 4.78 is 44.8. The van der Waals surface area contributed by atoms with E-state index in [2.05, 4.69) is 20.9 Å². The smallest absolute Gasteiger partial charge is 0.417 e. The molecular weight excluding hydrogens is 359 g/mol. The second-order valence-corrected chi connectivity index (χ2v) is 5.39. The molecule has 0 saturated heterocycles. The van der Waals surface area contributed by atoms with E-state index >= 15 is 0 Å². The lowest BCUT2D eigenvalue weighted by Crippen LogP contribution is -2.06. The Morgan fingerprint density at radius 3 is 2.70 bits per heavy atom. The van der Waals surface area contributed by atoms with Crippen molar-refractivity contribution >= 4 is 27.5 Å². The van der Waals surface area contributed by atoms with Crippen LogP contribution in [0, 0.1) is 0 Å². The van der Waals surface area contributed by atoms with E-state index in [1.54, 1.807) is 0 Å². The Hall–Kier alpha value is -1.01. The van der Waals surface area contributed by atoms with Gasteiger partial charge in [-0.05, 0) is 24.6 Å². The summed E-state index contributed by atoms with van der Waals surface area (Å²) in [4.78, 5) is 3.97. The summed E-state index contributed by atoms with van der Waals surface area (Å²) in [7, 11) is 0. The maximum absolute atomic E-state index is 13.0. The molecule has 1 aromatic heterocycles. The van der Waals surface area contributed by atoms with Gasteiger partial charge in [0.05, 0.1) is 11.8 Å². The third kappa shape index (κ3) is 3.55. The Labute approximate surface area is 127 Å². The molecule has 0 radical (unpaired) electrons. The molecule has 0 N–H and O–H groups in total. The van der Waals surface area contributed by atoms with E-state index in [0.29, 0.717) is 29.1 Å². The molecule has 2 aromatic rings. The number of nitrogens with zero attached hydrogens (tertiary/aromatic N) is 1. The number of benzene rings is 1. The summed E-state index contributed by atoms with van der Waals surface area (Å²) in [5.41, 5.74) is -0.780. The molecule has 7 heteroatoms. The molecule has 108 valence electrons. The van der Waals surface area contributed by atoms with Gasteiger partial charge in [0.15, 0.2) is 11.7 Å². The van der Waals surface area contributed by atoms with Gasteiger partial charge in [-0.15, -0.1) is 11.6 Å². The summed E-state index contributed by atoms with van der Waals surface area (Å²) in [5, 5.41) is 0. The van der Waals surface area contributed by atoms with Crippen molar-refractivity contribution in [1.29, 1.82) is 0 Å². The highest BCUT2D eigenvalue weighted by Gasteiger charge is 2.34. The van der Waals surface area contributed by atoms with Gasteiger partial charge in [-0.2, -0.15) is 13.2 Å². The SMILES string of the molecule is FC(F)(F)c1cc(Br)ccc1-c1cnc(CCCCl)o1. The Balaban J connectivity index is 2.39. The number of hydrogen-bond acceptors (Lipinski definition) is 2. The van der Waals surface area contributed by atoms with Gasteiger partial charge in [0.1, 0.15) is 0 Å². The van der Waals surface area contributed by atoms with Gasteiger partial charge in [-0.1, -0.05) is 15.9 Å². The summed E-state index contributed by atoms with van der Waals surface area (Å²) in [6, 6.07) is 3.92. The molecule has 0 bridgehead atoms. The predicted octanol–water partition coefficient (Wildman–Crippen LogP) is 5.29. The van der Waals surface area contributed by atoms with Crippen LogP contribution in [0.5, 0.6) is 0 Å². The zero-order valence-corrected chi connectivity index (χ0v) is 12.5. The number of oxazole rings is 1. The lowest BCUT2D eigenvalue weighted by Gasteiger charge is -2.11. The van der Waals surface area contributed by atoms with Gasteiger partial charge < -0.3 is 4.42 Å². The first kappa shape index (κ1) is 15.4. The van der Waals surface area contributed by atoms with Crippen molar-refractivity contribution in [3.05, 3.63) is 40.3 Å². The topological polar surface area (TPSA) is 26.0 Å². The Bertz CT molecular complexity index is 598. The van der Waals surface area contributed by atoms with Crippen LogP contribution in [0.25, 0.3) is 11.3 Å². The maximum atomic E-state index is 13.0. The summed E-state index contributed by atoms with van der Waals surface area (Å²) in [6.45, 7) is 0. The van der Waals surface area contributed by atoms with Crippen LogP contribution in [-0.4, -0.2) is 10.9 Å². The number of rotatable bonds is 4. The molecule has 0 aliphatic carbocycles. The molecular formula is C13H10BrClF3NO. The predicted molar refractivity (Wildman–Crippen MR) is 73.7 cm³/mol. The second kappa shape index (κ2) is 6.18. The third-order valence-corrected chi connectivity index (χ3v) is 3.39. The minimum Gasteiger partial charge on any atom is -0.441 e. The number of hydrogen-bond donors (Lipinski definition) is 0. The average Bonchev–Trinajstić information content (AvgIpc) is 2.84. The van der Waals surface area contributed by atoms with Crippen molar-refractivity contribution in [1.82, 2.24) is 4.98 Å². The molecule has 0 spiro atoms. The molecule has 1 heterocycles. The van der Waals surface area contributed by atoms with Crippen LogP contribution in [0.1, 0.15) is 17.9 Å². The molecule has 0 aliphatic rings. The standard InChI is InChI=1S/C13H10BrClF3NO/c14-8-3-4-9(10(6-8)13(16,17)18)11-7-19-12(20-11)2-1-5-15/h3-4,6-7H,1-2,5H2. The van der Waals surface area contributed by atoms with Gasteiger partial charge >= 0.3 is 6.18 Å². The second-order valence-electron chi connectivity index (χ2n) is 4.10. The van der Waals surface area contributed by atoms with Crippen molar-refractivity contribution < 1.29 is 17.6 Å². The fourth-order valence-corrected chi connectivity index (χ4v) is 2.23. The van der Waals surface area contributed by atoms with Crippen LogP contribution in [-0.2, 0) is 12.6 Å². The molecule has 20 heavy (non-hydrogen) atoms. The fourth-order valence-electron chi connectivity index (χ4n) is 1.73. The van der Waals surface area contributed by atoms with E-state index in [1.165, 1.54) is 18.3 Å². The van der Waals surface area contributed by atoms with Gasteiger partial charge in [0, 0.05) is 22.3 Å². The molecule has 0 fully saturated rings. The van der Waals surface area contributed by atoms with Gasteiger partial charge in [0.25, 0.3) is 0 Å². The first-order chi connectivity index (χ1) is 9.41. The quantitative estimate of drug-likeness (QED) is 0.685. The molecule has 2 rings (SSSR count). The first-order valence-corrected chi connectivity index (χ1v) is 7.12. The summed E-state index contributed by atoms with van der Waals surface area (Å²) in [5.74, 6) is 0.940. The maximum Gasteiger partial charge on any atom is 0.417 e. The molecule has 0 saturated carbocycles. The number of aromatic nitrogens is 1. The van der Waals surface area contributed by atoms with Crippen molar-refractivity contribution in [2.24, 2.45) is 0 Å². The summed E-state index contributed by atoms with van der Waals surface area (Å²) in [6.07, 6.45) is -1.99. The fraction of sp³-hybridized carbons (Fsp3) is 0.308. The minimum atomic E-state index is -4.46. The normalized spacial score (nSPS) is 11.8. The first-order valence-electron chi connectivity index (χ1n) is 5.79. The Morgan fingerprint density at radius 2 is 2.05 bits per heavy atom. The van der Waals surface area contributed by atoms with E-state index < -0.39 is 11.7 Å². The lowest BCUT2D eigenvalue weighted by atomic mass is 10.1. The molecule has 0 aliphatic heterocycles. The molecule has 0 atom stereocenters. The lowest BCUT2D eigenvalue weighted by molar-refractivity contribution is -0.137. The summed E-state index contributed by atoms with van der Waals surface area (Å²) >= 11 is 8.59.